The van der Waals surface area contributed by atoms with E-state index in [0.29, 0.717) is 64.4 Å². The molecule has 0 bridgehead atoms. The molecule has 0 N–H and O–H groups in total. The molecule has 654 valence electrons. The van der Waals surface area contributed by atoms with E-state index < -0.39 is 12.6 Å². The third-order valence-corrected chi connectivity index (χ3v) is 27.0. The molecule has 25 nitrogen and oxygen atoms in total. The minimum Gasteiger partial charge on any atom is -0.488 e. The first-order valence-corrected chi connectivity index (χ1v) is 45.3. The van der Waals surface area contributed by atoms with Crippen molar-refractivity contribution >= 4 is 46.1 Å². The van der Waals surface area contributed by atoms with Gasteiger partial charge in [-0.05, 0) is 195 Å². The first kappa shape index (κ1) is 83.7. The molecule has 4 saturated heterocycles. The van der Waals surface area contributed by atoms with Crippen LogP contribution in [0.5, 0.6) is 23.0 Å². The van der Waals surface area contributed by atoms with Gasteiger partial charge in [0, 0.05) is 163 Å². The van der Waals surface area contributed by atoms with Gasteiger partial charge < -0.3 is 47.9 Å². The smallest absolute Gasteiger partial charge is 0.390 e. The number of halogens is 3. The molecular formula is C97H115F3N20O5. The Morgan fingerprint density at radius 2 is 0.784 bits per heavy atom. The molecule has 13 heterocycles. The number of furan rings is 1. The Bertz CT molecular complexity index is 5500. The summed E-state index contributed by atoms with van der Waals surface area (Å²) in [4.78, 5) is 74.1. The second-order valence-electron chi connectivity index (χ2n) is 37.2. The molecule has 5 saturated carbocycles. The Kier molecular flexibility index (Phi) is 23.6. The molecule has 5 aromatic heterocycles. The number of hydrogen-bond donors (Lipinski definition) is 0. The highest BCUT2D eigenvalue weighted by Gasteiger charge is 2.44. The van der Waals surface area contributed by atoms with Gasteiger partial charge in [0.25, 0.3) is 0 Å². The number of hydrogen-bond acceptors (Lipinski definition) is 25. The molecule has 5 aliphatic carbocycles. The highest BCUT2D eigenvalue weighted by molar-refractivity contribution is 6.16. The van der Waals surface area contributed by atoms with Crippen LogP contribution in [0.1, 0.15) is 199 Å². The quantitative estimate of drug-likeness (QED) is 0.0547. The minimum atomic E-state index is -4.11. The molecule has 0 amide bonds. The summed E-state index contributed by atoms with van der Waals surface area (Å²) in [6.45, 7) is 33.9. The van der Waals surface area contributed by atoms with Crippen LogP contribution in [-0.2, 0) is 32.7 Å². The van der Waals surface area contributed by atoms with Crippen LogP contribution < -0.4 is 38.5 Å². The lowest BCUT2D eigenvalue weighted by Gasteiger charge is -2.40. The van der Waals surface area contributed by atoms with Crippen molar-refractivity contribution in [3.8, 4) is 23.0 Å². The van der Waals surface area contributed by atoms with E-state index in [1.807, 2.05) is 35.2 Å². The van der Waals surface area contributed by atoms with Gasteiger partial charge in [-0.2, -0.15) is 13.2 Å². The molecule has 1 unspecified atom stereocenters. The number of alkyl halides is 3. The van der Waals surface area contributed by atoms with Gasteiger partial charge in [-0.1, -0.05) is 44.0 Å². The predicted octanol–water partition coefficient (Wildman–Crippen LogP) is 14.9. The van der Waals surface area contributed by atoms with Gasteiger partial charge in [-0.3, -0.25) is 34.7 Å². The summed E-state index contributed by atoms with van der Waals surface area (Å²) in [5.41, 5.74) is 16.4. The Morgan fingerprint density at radius 3 is 1.11 bits per heavy atom. The second-order valence-corrected chi connectivity index (χ2v) is 37.2. The van der Waals surface area contributed by atoms with Gasteiger partial charge in [0.15, 0.2) is 0 Å². The van der Waals surface area contributed by atoms with Crippen molar-refractivity contribution in [1.29, 1.82) is 0 Å². The highest BCUT2D eigenvalue weighted by Crippen LogP contribution is 2.45. The molecular weight excluding hydrogens is 1580 g/mol. The minimum absolute atomic E-state index is 0.00199. The van der Waals surface area contributed by atoms with Crippen LogP contribution >= 0.6 is 0 Å². The molecule has 9 aromatic rings. The predicted molar refractivity (Wildman–Crippen MR) is 479 cm³/mol. The van der Waals surface area contributed by atoms with Gasteiger partial charge in [-0.15, -0.1) is 0 Å². The van der Waals surface area contributed by atoms with Crippen LogP contribution in [0.15, 0.2) is 165 Å². The van der Waals surface area contributed by atoms with Gasteiger partial charge in [0.05, 0.1) is 91.0 Å². The Balaban J connectivity index is 0.000000109. The number of likely N-dealkylation sites (N-methyl/N-ethyl adjacent to an activating group) is 1. The number of benzene rings is 4. The van der Waals surface area contributed by atoms with Crippen molar-refractivity contribution in [2.75, 3.05) is 131 Å². The van der Waals surface area contributed by atoms with Crippen molar-refractivity contribution in [2.24, 2.45) is 25.9 Å². The Labute approximate surface area is 730 Å². The third kappa shape index (κ3) is 20.4. The first-order valence-electron chi connectivity index (χ1n) is 45.3. The van der Waals surface area contributed by atoms with Crippen LogP contribution in [0, 0.1) is 5.92 Å². The molecule has 8 aliphatic heterocycles. The lowest BCUT2D eigenvalue weighted by molar-refractivity contribution is -0.138. The Morgan fingerprint density at radius 1 is 0.432 bits per heavy atom. The zero-order valence-electron chi connectivity index (χ0n) is 73.2. The topological polar surface area (TPSA) is 229 Å². The average Bonchev–Trinajstić information content (AvgIpc) is 1.62. The third-order valence-electron chi connectivity index (χ3n) is 27.0. The summed E-state index contributed by atoms with van der Waals surface area (Å²) >= 11 is 0. The van der Waals surface area contributed by atoms with Crippen molar-refractivity contribution < 1.29 is 36.5 Å². The number of aromatic nitrogens is 8. The summed E-state index contributed by atoms with van der Waals surface area (Å²) < 4.78 is 67.7. The average molecular weight is 1700 g/mol. The van der Waals surface area contributed by atoms with Gasteiger partial charge in [0.2, 0.25) is 0 Å². The first-order chi connectivity index (χ1) is 60.5. The molecule has 125 heavy (non-hydrogen) atoms. The van der Waals surface area contributed by atoms with E-state index in [0.717, 1.165) is 268 Å². The van der Waals surface area contributed by atoms with Crippen LogP contribution in [0.2, 0.25) is 0 Å². The maximum absolute atomic E-state index is 12.5. The van der Waals surface area contributed by atoms with Gasteiger partial charge >= 0.3 is 6.18 Å². The van der Waals surface area contributed by atoms with E-state index >= 15 is 0 Å². The van der Waals surface area contributed by atoms with E-state index in [1.165, 1.54) is 42.3 Å². The summed E-state index contributed by atoms with van der Waals surface area (Å²) in [5, 5.41) is 0. The number of piperazine rings is 4. The molecule has 0 radical (unpaired) electrons. The van der Waals surface area contributed by atoms with Gasteiger partial charge in [-0.25, -0.2) is 39.9 Å². The van der Waals surface area contributed by atoms with E-state index in [9.17, 15) is 13.2 Å². The summed E-state index contributed by atoms with van der Waals surface area (Å²) in [6.07, 6.45) is 16.6. The lowest BCUT2D eigenvalue weighted by Crippen LogP contribution is -2.51. The standard InChI is InChI=1S/C26H29N5O2.C26H33N5O.C23H26F3N5O.C22H27N5O/c1-18-15-31(10-9-30(18)16-21-4-3-11-32-21)24-13-23(28-17-29-24)25-22-12-20(33-26(2)7-8-26)6-5-19(22)14-27-25;1-18(13-19-3-4-19)30-9-11-31(12-10-30)24-15-23(28-17-29-24)25-22-14-21(32-26(2)7-8-26)6-5-20(22)16-27-25;1-22(4-5-22)32-17-3-2-16-14-27-21(18(16)12-17)19-13-20(29-15-28-19)31-10-8-30(9-11-31)7-6-23(24,25)26;1-3-26-8-10-27(11-9-26)20-13-19(24-15-25-20)21-18-12-17(28-22(2)6-7-22)5-4-16(18)14-23-21/h3-6,11-13,17-18H,7-10,14-16H2,1-2H3;5-6,14-15,17-19H,3-4,7-13,16H2,1-2H3;2-3,12-13,15H,4-11,14H2,1H3;4-5,12-13,15H,3,6-11,14H2,1-2H3/t18-;;;/m0.../s1. The number of rotatable bonds is 24. The van der Waals surface area contributed by atoms with E-state index in [2.05, 4.69) is 202 Å². The number of ether oxygens (including phenoxy) is 4. The normalized spacial score (nSPS) is 21.3. The molecule has 28 heteroatoms. The fourth-order valence-electron chi connectivity index (χ4n) is 17.8. The van der Waals surface area contributed by atoms with Crippen LogP contribution in [0.4, 0.5) is 36.4 Å². The maximum atomic E-state index is 12.5. The molecule has 4 aromatic carbocycles. The highest BCUT2D eigenvalue weighted by atomic mass is 19.4. The van der Waals surface area contributed by atoms with Crippen molar-refractivity contribution in [1.82, 2.24) is 59.5 Å². The van der Waals surface area contributed by atoms with Crippen LogP contribution in [0.25, 0.3) is 0 Å². The van der Waals surface area contributed by atoms with Crippen LogP contribution in [0.3, 0.4) is 0 Å². The summed E-state index contributed by atoms with van der Waals surface area (Å²) in [6, 6.07) is 38.5. The second kappa shape index (κ2) is 35.2. The molecule has 13 aliphatic rings. The largest absolute Gasteiger partial charge is 0.488 e. The number of nitrogens with zero attached hydrogens (tertiary/aromatic N) is 20. The van der Waals surface area contributed by atoms with Crippen molar-refractivity contribution in [3.05, 3.63) is 214 Å². The van der Waals surface area contributed by atoms with E-state index in [4.69, 9.17) is 43.3 Å². The molecule has 0 spiro atoms. The summed E-state index contributed by atoms with van der Waals surface area (Å²) in [7, 11) is 0. The fourth-order valence-corrected chi connectivity index (χ4v) is 17.8. The van der Waals surface area contributed by atoms with Crippen LogP contribution in [-0.4, -0.2) is 234 Å². The van der Waals surface area contributed by atoms with E-state index in [1.54, 1.807) is 25.2 Å². The number of fused-ring (bicyclic) bond motifs is 4. The maximum Gasteiger partial charge on any atom is 0.390 e. The van der Waals surface area contributed by atoms with Crippen molar-refractivity contribution in [3.63, 3.8) is 0 Å². The molecule has 9 fully saturated rings. The summed E-state index contributed by atoms with van der Waals surface area (Å²) in [5.74, 6) is 9.37. The zero-order chi connectivity index (χ0) is 85.6. The van der Waals surface area contributed by atoms with Crippen molar-refractivity contribution in [2.45, 2.75) is 199 Å². The lowest BCUT2D eigenvalue weighted by atomic mass is 10.0. The van der Waals surface area contributed by atoms with E-state index in [-0.39, 0.29) is 28.9 Å². The monoisotopic (exact) mass is 1700 g/mol. The zero-order valence-corrected chi connectivity index (χ0v) is 73.2. The molecule has 22 rings (SSSR count). The molecule has 2 atom stereocenters. The number of aliphatic imine (C=N–C) groups is 4. The SMILES string of the molecule is CC(CC1CC1)N1CCN(c2cc(C3=NCc4ccc(OC5(C)CC5)cc43)ncn2)CC1.CC1(Oc2ccc3c(c2)C(c2cc(N4CCN(CCC(F)(F)F)CC4)ncn2)=NC3)CC1.CCN1CCN(c2cc(C3=NCc4ccc(OC5(C)CC5)cc43)ncn2)CC1.C[C@H]1CN(c2cc(C3=NCc4ccc(OC5(C)CC5)cc43)ncn2)CCN1Cc1ccco1. The number of anilines is 4. The Hall–Kier alpha value is -10.8. The fraction of sp³-hybridized carbons (Fsp3) is 0.505. The van der Waals surface area contributed by atoms with Gasteiger partial charge in [0.1, 0.15) is 99.7 Å².